The zero-order valence-electron chi connectivity index (χ0n) is 15.4. The molecule has 0 radical (unpaired) electrons. The Morgan fingerprint density at radius 3 is 2.73 bits per heavy atom. The van der Waals surface area contributed by atoms with Gasteiger partial charge in [0.15, 0.2) is 0 Å². The van der Waals surface area contributed by atoms with Gasteiger partial charge in [-0.1, -0.05) is 30.3 Å². The molecule has 0 amide bonds. The number of amidine groups is 1. The first-order chi connectivity index (χ1) is 12.5. The summed E-state index contributed by atoms with van der Waals surface area (Å²) in [6.45, 7) is 4.89. The fraction of sp³-hybridized carbons (Fsp3) is 0.409. The molecule has 0 aromatic heterocycles. The highest BCUT2D eigenvalue weighted by atomic mass is 16.6. The molecule has 0 saturated carbocycles. The number of rotatable bonds is 6. The van der Waals surface area contributed by atoms with E-state index < -0.39 is 0 Å². The molecule has 136 valence electrons. The Balaban J connectivity index is 1.34. The second-order valence-corrected chi connectivity index (χ2v) is 7.65. The van der Waals surface area contributed by atoms with Gasteiger partial charge in [-0.25, -0.2) is 0 Å². The Bertz CT molecular complexity index is 814. The van der Waals surface area contributed by atoms with Gasteiger partial charge in [-0.3, -0.25) is 4.99 Å². The van der Waals surface area contributed by atoms with Crippen LogP contribution in [0.1, 0.15) is 49.5 Å². The highest BCUT2D eigenvalue weighted by molar-refractivity contribution is 5.97. The highest BCUT2D eigenvalue weighted by Crippen LogP contribution is 2.53. The highest BCUT2D eigenvalue weighted by Gasteiger charge is 2.56. The molecule has 4 heteroatoms. The first kappa shape index (κ1) is 17.1. The van der Waals surface area contributed by atoms with Gasteiger partial charge in [0, 0.05) is 17.7 Å². The van der Waals surface area contributed by atoms with Crippen LogP contribution >= 0.6 is 0 Å². The molecule has 0 aliphatic carbocycles. The van der Waals surface area contributed by atoms with Crippen LogP contribution < -0.4 is 10.5 Å². The number of hydrogen-bond donors (Lipinski definition) is 1. The van der Waals surface area contributed by atoms with Gasteiger partial charge in [0.1, 0.15) is 29.4 Å². The van der Waals surface area contributed by atoms with E-state index in [0.29, 0.717) is 5.84 Å². The summed E-state index contributed by atoms with van der Waals surface area (Å²) in [5.74, 6) is 1.49. The molecule has 2 N–H and O–H groups in total. The Labute approximate surface area is 155 Å². The van der Waals surface area contributed by atoms with Gasteiger partial charge in [0.05, 0.1) is 0 Å². The average Bonchev–Trinajstić information content (AvgIpc) is 3.44. The number of benzene rings is 2. The van der Waals surface area contributed by atoms with Crippen LogP contribution in [0.15, 0.2) is 53.5 Å². The van der Waals surface area contributed by atoms with Crippen LogP contribution in [0.25, 0.3) is 0 Å². The molecule has 4 nitrogen and oxygen atoms in total. The number of aryl methyl sites for hydroxylation is 1. The third kappa shape index (κ3) is 3.47. The van der Waals surface area contributed by atoms with E-state index in [0.717, 1.165) is 42.7 Å². The van der Waals surface area contributed by atoms with E-state index in [9.17, 15) is 0 Å². The monoisotopic (exact) mass is 350 g/mol. The average molecular weight is 350 g/mol. The van der Waals surface area contributed by atoms with Crippen molar-refractivity contribution < 1.29 is 9.47 Å². The van der Waals surface area contributed by atoms with Crippen molar-refractivity contribution in [2.75, 3.05) is 6.54 Å². The standard InChI is InChI=1S/C22H26N2O2/c1-22(2)20-19(25-20)17-14-16(11-12-18(17)26-22)21(23)24-13-7-6-10-15-8-4-3-5-9-15/h3-5,8-9,11-12,14,19-20H,6-7,10,13H2,1-2H3,(H2,23,24). The number of ether oxygens (including phenoxy) is 2. The molecule has 2 aromatic carbocycles. The summed E-state index contributed by atoms with van der Waals surface area (Å²) in [5.41, 5.74) is 9.35. The minimum Gasteiger partial charge on any atom is -0.485 e. The molecular formula is C22H26N2O2. The lowest BCUT2D eigenvalue weighted by Gasteiger charge is -2.29. The SMILES string of the molecule is CC1(C)Oc2ccc(C(N)=NCCCCc3ccccc3)cc2C2OC21. The molecule has 4 rings (SSSR count). The predicted molar refractivity (Wildman–Crippen MR) is 104 cm³/mol. The number of unbranched alkanes of at least 4 members (excludes halogenated alkanes) is 1. The zero-order chi connectivity index (χ0) is 18.1. The zero-order valence-corrected chi connectivity index (χ0v) is 15.4. The maximum absolute atomic E-state index is 6.20. The van der Waals surface area contributed by atoms with Crippen molar-refractivity contribution in [3.63, 3.8) is 0 Å². The van der Waals surface area contributed by atoms with Gasteiger partial charge in [-0.15, -0.1) is 0 Å². The van der Waals surface area contributed by atoms with Crippen molar-refractivity contribution in [3.05, 3.63) is 65.2 Å². The lowest BCUT2D eigenvalue weighted by Crippen LogP contribution is -2.37. The number of nitrogens with two attached hydrogens (primary N) is 1. The molecule has 0 bridgehead atoms. The summed E-state index contributed by atoms with van der Waals surface area (Å²) in [6, 6.07) is 16.6. The van der Waals surface area contributed by atoms with Gasteiger partial charge in [-0.05, 0) is 56.9 Å². The van der Waals surface area contributed by atoms with Crippen LogP contribution in [0.2, 0.25) is 0 Å². The molecule has 1 fully saturated rings. The van der Waals surface area contributed by atoms with Crippen molar-refractivity contribution in [1.82, 2.24) is 0 Å². The fourth-order valence-corrected chi connectivity index (χ4v) is 3.62. The molecular weight excluding hydrogens is 324 g/mol. The van der Waals surface area contributed by atoms with Crippen LogP contribution in [0, 0.1) is 0 Å². The van der Waals surface area contributed by atoms with Crippen LogP contribution in [0.3, 0.4) is 0 Å². The number of epoxide rings is 1. The number of nitrogens with zero attached hydrogens (tertiary/aromatic N) is 1. The largest absolute Gasteiger partial charge is 0.485 e. The van der Waals surface area contributed by atoms with Crippen LogP contribution in [-0.2, 0) is 11.2 Å². The summed E-state index contributed by atoms with van der Waals surface area (Å²) in [6.07, 6.45) is 3.51. The normalized spacial score (nSPS) is 22.9. The number of aliphatic imine (C=N–C) groups is 1. The molecule has 2 aliphatic rings. The Morgan fingerprint density at radius 1 is 1.12 bits per heavy atom. The van der Waals surface area contributed by atoms with E-state index in [4.69, 9.17) is 15.2 Å². The predicted octanol–water partition coefficient (Wildman–Crippen LogP) is 4.03. The molecule has 2 aliphatic heterocycles. The van der Waals surface area contributed by atoms with E-state index in [1.165, 1.54) is 5.56 Å². The molecule has 2 unspecified atom stereocenters. The van der Waals surface area contributed by atoms with Crippen LogP contribution in [0.5, 0.6) is 5.75 Å². The van der Waals surface area contributed by atoms with Crippen molar-refractivity contribution >= 4 is 5.84 Å². The minimum absolute atomic E-state index is 0.132. The molecule has 2 heterocycles. The summed E-state index contributed by atoms with van der Waals surface area (Å²) >= 11 is 0. The third-order valence-electron chi connectivity index (χ3n) is 5.16. The van der Waals surface area contributed by atoms with E-state index in [1.54, 1.807) is 0 Å². The van der Waals surface area contributed by atoms with E-state index >= 15 is 0 Å². The topological polar surface area (TPSA) is 60.1 Å². The minimum atomic E-state index is -0.266. The maximum Gasteiger partial charge on any atom is 0.132 e. The quantitative estimate of drug-likeness (QED) is 0.370. The first-order valence-corrected chi connectivity index (χ1v) is 9.37. The summed E-state index contributed by atoms with van der Waals surface area (Å²) < 4.78 is 11.9. The van der Waals surface area contributed by atoms with Crippen molar-refractivity contribution in [1.29, 1.82) is 0 Å². The molecule has 2 aromatic rings. The Morgan fingerprint density at radius 2 is 1.92 bits per heavy atom. The summed E-state index contributed by atoms with van der Waals surface area (Å²) in [5, 5.41) is 0. The van der Waals surface area contributed by atoms with E-state index in [1.807, 2.05) is 18.2 Å². The first-order valence-electron chi connectivity index (χ1n) is 9.37. The third-order valence-corrected chi connectivity index (χ3v) is 5.16. The molecule has 1 saturated heterocycles. The van der Waals surface area contributed by atoms with Gasteiger partial charge >= 0.3 is 0 Å². The smallest absolute Gasteiger partial charge is 0.132 e. The van der Waals surface area contributed by atoms with Crippen LogP contribution in [0.4, 0.5) is 0 Å². The Kier molecular flexibility index (Phi) is 4.45. The number of hydrogen-bond acceptors (Lipinski definition) is 3. The van der Waals surface area contributed by atoms with E-state index in [2.05, 4.69) is 49.2 Å². The van der Waals surface area contributed by atoms with Crippen molar-refractivity contribution in [3.8, 4) is 5.75 Å². The van der Waals surface area contributed by atoms with Gasteiger partial charge in [0.2, 0.25) is 0 Å². The second kappa shape index (κ2) is 6.76. The van der Waals surface area contributed by atoms with Crippen molar-refractivity contribution in [2.24, 2.45) is 10.7 Å². The Hall–Kier alpha value is -2.33. The summed E-state index contributed by atoms with van der Waals surface area (Å²) in [4.78, 5) is 4.55. The molecule has 26 heavy (non-hydrogen) atoms. The van der Waals surface area contributed by atoms with Gasteiger partial charge in [0.25, 0.3) is 0 Å². The molecule has 2 atom stereocenters. The fourth-order valence-electron chi connectivity index (χ4n) is 3.62. The van der Waals surface area contributed by atoms with Crippen LogP contribution in [-0.4, -0.2) is 24.1 Å². The lowest BCUT2D eigenvalue weighted by molar-refractivity contribution is 0.0725. The van der Waals surface area contributed by atoms with Gasteiger partial charge in [-0.2, -0.15) is 0 Å². The van der Waals surface area contributed by atoms with Crippen molar-refractivity contribution in [2.45, 2.75) is 50.9 Å². The van der Waals surface area contributed by atoms with E-state index in [-0.39, 0.29) is 17.8 Å². The lowest BCUT2D eigenvalue weighted by atomic mass is 9.93. The second-order valence-electron chi connectivity index (χ2n) is 7.65. The molecule has 0 spiro atoms. The van der Waals surface area contributed by atoms with Gasteiger partial charge < -0.3 is 15.2 Å². The maximum atomic E-state index is 6.20. The number of fused-ring (bicyclic) bond motifs is 3. The summed E-state index contributed by atoms with van der Waals surface area (Å²) in [7, 11) is 0.